The number of hydrogen-bond acceptors (Lipinski definition) is 3. The van der Waals surface area contributed by atoms with Gasteiger partial charge in [0.15, 0.2) is 0 Å². The van der Waals surface area contributed by atoms with Crippen LogP contribution in [0.2, 0.25) is 5.02 Å². The third-order valence-corrected chi connectivity index (χ3v) is 3.63. The predicted molar refractivity (Wildman–Crippen MR) is 80.0 cm³/mol. The SMILES string of the molecule is O=C(CNCCc1ccc(Cl)cc1)NC1CCOCC1. The van der Waals surface area contributed by atoms with Crippen LogP contribution in [0, 0.1) is 0 Å². The van der Waals surface area contributed by atoms with Gasteiger partial charge in [0.1, 0.15) is 0 Å². The predicted octanol–water partition coefficient (Wildman–Crippen LogP) is 1.77. The quantitative estimate of drug-likeness (QED) is 0.787. The second kappa shape index (κ2) is 8.25. The van der Waals surface area contributed by atoms with E-state index in [0.29, 0.717) is 6.54 Å². The first kappa shape index (κ1) is 15.3. The van der Waals surface area contributed by atoms with Gasteiger partial charge in [0, 0.05) is 24.3 Å². The molecule has 0 radical (unpaired) electrons. The van der Waals surface area contributed by atoms with Crippen LogP contribution in [-0.4, -0.2) is 38.3 Å². The highest BCUT2D eigenvalue weighted by Gasteiger charge is 2.15. The van der Waals surface area contributed by atoms with E-state index in [2.05, 4.69) is 10.6 Å². The second-order valence-corrected chi connectivity index (χ2v) is 5.44. The minimum Gasteiger partial charge on any atom is -0.381 e. The molecule has 5 heteroatoms. The number of carbonyl (C=O) groups is 1. The minimum absolute atomic E-state index is 0.0630. The lowest BCUT2D eigenvalue weighted by molar-refractivity contribution is -0.121. The molecule has 0 atom stereocenters. The maximum absolute atomic E-state index is 11.7. The summed E-state index contributed by atoms with van der Waals surface area (Å²) >= 11 is 5.83. The lowest BCUT2D eigenvalue weighted by Crippen LogP contribution is -2.43. The molecule has 1 aliphatic rings. The average molecular weight is 297 g/mol. The summed E-state index contributed by atoms with van der Waals surface area (Å²) in [6.45, 7) is 2.64. The molecule has 110 valence electrons. The molecule has 0 aliphatic carbocycles. The molecular formula is C15H21ClN2O2. The van der Waals surface area contributed by atoms with E-state index >= 15 is 0 Å². The number of hydrogen-bond donors (Lipinski definition) is 2. The fraction of sp³-hybridized carbons (Fsp3) is 0.533. The number of nitrogens with one attached hydrogen (secondary N) is 2. The third kappa shape index (κ3) is 5.49. The highest BCUT2D eigenvalue weighted by atomic mass is 35.5. The van der Waals surface area contributed by atoms with Crippen molar-refractivity contribution in [1.82, 2.24) is 10.6 Å². The number of benzene rings is 1. The second-order valence-electron chi connectivity index (χ2n) is 5.01. The summed E-state index contributed by atoms with van der Waals surface area (Å²) in [4.78, 5) is 11.7. The van der Waals surface area contributed by atoms with Crippen LogP contribution in [-0.2, 0) is 16.0 Å². The van der Waals surface area contributed by atoms with Crippen molar-refractivity contribution in [3.63, 3.8) is 0 Å². The maximum atomic E-state index is 11.7. The number of amides is 1. The number of carbonyl (C=O) groups excluding carboxylic acids is 1. The van der Waals surface area contributed by atoms with Gasteiger partial charge in [-0.25, -0.2) is 0 Å². The van der Waals surface area contributed by atoms with Crippen molar-refractivity contribution >= 4 is 17.5 Å². The van der Waals surface area contributed by atoms with Gasteiger partial charge >= 0.3 is 0 Å². The Kier molecular flexibility index (Phi) is 6.30. The molecule has 0 aromatic heterocycles. The Labute approximate surface area is 124 Å². The zero-order chi connectivity index (χ0) is 14.2. The van der Waals surface area contributed by atoms with Gasteiger partial charge in [0.25, 0.3) is 0 Å². The topological polar surface area (TPSA) is 50.4 Å². The molecule has 0 saturated carbocycles. The molecular weight excluding hydrogens is 276 g/mol. The van der Waals surface area contributed by atoms with Gasteiger partial charge in [0.05, 0.1) is 6.54 Å². The van der Waals surface area contributed by atoms with E-state index in [1.54, 1.807) is 0 Å². The zero-order valence-electron chi connectivity index (χ0n) is 11.5. The Hall–Kier alpha value is -1.10. The first-order valence-corrected chi connectivity index (χ1v) is 7.44. The van der Waals surface area contributed by atoms with Crippen molar-refractivity contribution in [2.45, 2.75) is 25.3 Å². The highest BCUT2D eigenvalue weighted by Crippen LogP contribution is 2.09. The fourth-order valence-electron chi connectivity index (χ4n) is 2.21. The summed E-state index contributed by atoms with van der Waals surface area (Å²) in [5, 5.41) is 6.94. The van der Waals surface area contributed by atoms with Crippen LogP contribution >= 0.6 is 11.6 Å². The summed E-state index contributed by atoms with van der Waals surface area (Å²) in [5.74, 6) is 0.0630. The monoisotopic (exact) mass is 296 g/mol. The molecule has 1 amide bonds. The maximum Gasteiger partial charge on any atom is 0.234 e. The van der Waals surface area contributed by atoms with E-state index in [1.165, 1.54) is 5.56 Å². The van der Waals surface area contributed by atoms with Crippen LogP contribution in [0.15, 0.2) is 24.3 Å². The van der Waals surface area contributed by atoms with Crippen LogP contribution < -0.4 is 10.6 Å². The molecule has 1 fully saturated rings. The van der Waals surface area contributed by atoms with Gasteiger partial charge < -0.3 is 15.4 Å². The first-order valence-electron chi connectivity index (χ1n) is 7.06. The van der Waals surface area contributed by atoms with E-state index in [1.807, 2.05) is 24.3 Å². The van der Waals surface area contributed by atoms with Crippen molar-refractivity contribution in [3.8, 4) is 0 Å². The third-order valence-electron chi connectivity index (χ3n) is 3.38. The summed E-state index contributed by atoms with van der Waals surface area (Å²) in [6, 6.07) is 8.05. The average Bonchev–Trinajstić information content (AvgIpc) is 2.46. The van der Waals surface area contributed by atoms with E-state index in [0.717, 1.165) is 44.0 Å². The Morgan fingerprint density at radius 2 is 1.95 bits per heavy atom. The molecule has 2 N–H and O–H groups in total. The Balaban J connectivity index is 1.58. The molecule has 0 unspecified atom stereocenters. The first-order chi connectivity index (χ1) is 9.74. The lowest BCUT2D eigenvalue weighted by atomic mass is 10.1. The minimum atomic E-state index is 0.0630. The molecule has 2 rings (SSSR count). The van der Waals surface area contributed by atoms with Gasteiger partial charge in [-0.1, -0.05) is 23.7 Å². The van der Waals surface area contributed by atoms with E-state index in [4.69, 9.17) is 16.3 Å². The molecule has 1 aromatic rings. The molecule has 1 heterocycles. The Bertz CT molecular complexity index is 416. The van der Waals surface area contributed by atoms with Gasteiger partial charge in [-0.3, -0.25) is 4.79 Å². The molecule has 1 aliphatic heterocycles. The molecule has 4 nitrogen and oxygen atoms in total. The lowest BCUT2D eigenvalue weighted by Gasteiger charge is -2.23. The summed E-state index contributed by atoms with van der Waals surface area (Å²) < 4.78 is 5.26. The zero-order valence-corrected chi connectivity index (χ0v) is 12.3. The van der Waals surface area contributed by atoms with Crippen molar-refractivity contribution in [1.29, 1.82) is 0 Å². The highest BCUT2D eigenvalue weighted by molar-refractivity contribution is 6.30. The normalized spacial score (nSPS) is 16.1. The van der Waals surface area contributed by atoms with Crippen LogP contribution in [0.1, 0.15) is 18.4 Å². The van der Waals surface area contributed by atoms with Crippen molar-refractivity contribution < 1.29 is 9.53 Å². The molecule has 0 spiro atoms. The largest absolute Gasteiger partial charge is 0.381 e. The Morgan fingerprint density at radius 1 is 1.25 bits per heavy atom. The van der Waals surface area contributed by atoms with E-state index in [-0.39, 0.29) is 11.9 Å². The van der Waals surface area contributed by atoms with Crippen molar-refractivity contribution in [2.75, 3.05) is 26.3 Å². The fourth-order valence-corrected chi connectivity index (χ4v) is 2.33. The molecule has 1 saturated heterocycles. The van der Waals surface area contributed by atoms with Gasteiger partial charge in [-0.05, 0) is 43.5 Å². The standard InChI is InChI=1S/C15H21ClN2O2/c16-13-3-1-12(2-4-13)5-8-17-11-15(19)18-14-6-9-20-10-7-14/h1-4,14,17H,5-11H2,(H,18,19). The summed E-state index contributed by atoms with van der Waals surface area (Å²) in [7, 11) is 0. The summed E-state index contributed by atoms with van der Waals surface area (Å²) in [5.41, 5.74) is 1.21. The van der Waals surface area contributed by atoms with Crippen LogP contribution in [0.5, 0.6) is 0 Å². The molecule has 0 bridgehead atoms. The smallest absolute Gasteiger partial charge is 0.234 e. The number of ether oxygens (including phenoxy) is 1. The van der Waals surface area contributed by atoms with E-state index < -0.39 is 0 Å². The Morgan fingerprint density at radius 3 is 2.65 bits per heavy atom. The van der Waals surface area contributed by atoms with Crippen molar-refractivity contribution in [3.05, 3.63) is 34.9 Å². The molecule has 20 heavy (non-hydrogen) atoms. The van der Waals surface area contributed by atoms with Gasteiger partial charge in [-0.2, -0.15) is 0 Å². The van der Waals surface area contributed by atoms with Gasteiger partial charge in [-0.15, -0.1) is 0 Å². The van der Waals surface area contributed by atoms with Crippen LogP contribution in [0.3, 0.4) is 0 Å². The van der Waals surface area contributed by atoms with Crippen molar-refractivity contribution in [2.24, 2.45) is 0 Å². The number of rotatable bonds is 6. The van der Waals surface area contributed by atoms with E-state index in [9.17, 15) is 4.79 Å². The van der Waals surface area contributed by atoms with Crippen LogP contribution in [0.4, 0.5) is 0 Å². The summed E-state index contributed by atoms with van der Waals surface area (Å²) in [6.07, 6.45) is 2.72. The van der Waals surface area contributed by atoms with Crippen LogP contribution in [0.25, 0.3) is 0 Å². The molecule has 1 aromatic carbocycles. The number of halogens is 1. The van der Waals surface area contributed by atoms with Gasteiger partial charge in [0.2, 0.25) is 5.91 Å².